The third kappa shape index (κ3) is 2.03. The lowest BCUT2D eigenvalue weighted by molar-refractivity contribution is -0.137. The molecule has 1 aromatic heterocycles. The minimum Gasteiger partial charge on any atom is -0.230 e. The van der Waals surface area contributed by atoms with E-state index in [1.54, 1.807) is 12.1 Å². The molecular weight excluding hydrogens is 272 g/mol. The van der Waals surface area contributed by atoms with Crippen LogP contribution in [0.2, 0.25) is 0 Å². The molecule has 102 valence electrons. The zero-order valence-corrected chi connectivity index (χ0v) is 10.0. The lowest BCUT2D eigenvalue weighted by Gasteiger charge is -2.08. The van der Waals surface area contributed by atoms with E-state index in [0.717, 1.165) is 12.1 Å². The van der Waals surface area contributed by atoms with Crippen molar-refractivity contribution >= 4 is 10.9 Å². The number of fused-ring (bicyclic) bond motifs is 1. The van der Waals surface area contributed by atoms with Crippen molar-refractivity contribution in [3.05, 3.63) is 60.0 Å². The summed E-state index contributed by atoms with van der Waals surface area (Å²) in [6.07, 6.45) is -2.92. The molecule has 3 rings (SSSR count). The standard InChI is InChI=1S/C14H8F4N2/c15-12-3-1-2-9-8-19-20(13(9)12)11-6-4-10(5-7-11)14(16,17)18/h1-8H. The Morgan fingerprint density at radius 1 is 0.950 bits per heavy atom. The molecule has 0 bridgehead atoms. The first-order valence-electron chi connectivity index (χ1n) is 5.77. The molecule has 0 aliphatic carbocycles. The molecule has 2 nitrogen and oxygen atoms in total. The molecule has 0 spiro atoms. The van der Waals surface area contributed by atoms with Crippen molar-refractivity contribution in [1.29, 1.82) is 0 Å². The van der Waals surface area contributed by atoms with E-state index in [1.165, 1.54) is 29.1 Å². The van der Waals surface area contributed by atoms with E-state index in [1.807, 2.05) is 0 Å². The number of benzene rings is 2. The summed E-state index contributed by atoms with van der Waals surface area (Å²) in [7, 11) is 0. The van der Waals surface area contributed by atoms with Crippen molar-refractivity contribution < 1.29 is 17.6 Å². The van der Waals surface area contributed by atoms with Crippen LogP contribution >= 0.6 is 0 Å². The summed E-state index contributed by atoms with van der Waals surface area (Å²) in [4.78, 5) is 0. The molecule has 3 aromatic rings. The van der Waals surface area contributed by atoms with Crippen LogP contribution in [0, 0.1) is 5.82 Å². The molecule has 0 saturated carbocycles. The van der Waals surface area contributed by atoms with Gasteiger partial charge in [0, 0.05) is 5.39 Å². The van der Waals surface area contributed by atoms with Gasteiger partial charge in [-0.05, 0) is 30.3 Å². The van der Waals surface area contributed by atoms with E-state index in [9.17, 15) is 17.6 Å². The van der Waals surface area contributed by atoms with Crippen molar-refractivity contribution in [3.8, 4) is 5.69 Å². The number of hydrogen-bond acceptors (Lipinski definition) is 1. The summed E-state index contributed by atoms with van der Waals surface area (Å²) < 4.78 is 52.6. The highest BCUT2D eigenvalue weighted by Crippen LogP contribution is 2.30. The molecule has 0 radical (unpaired) electrons. The van der Waals surface area contributed by atoms with Gasteiger partial charge < -0.3 is 0 Å². The van der Waals surface area contributed by atoms with Crippen LogP contribution in [-0.4, -0.2) is 9.78 Å². The second kappa shape index (κ2) is 4.33. The second-order valence-electron chi connectivity index (χ2n) is 4.28. The fraction of sp³-hybridized carbons (Fsp3) is 0.0714. The number of halogens is 4. The van der Waals surface area contributed by atoms with E-state index in [4.69, 9.17) is 0 Å². The summed E-state index contributed by atoms with van der Waals surface area (Å²) in [5.41, 5.74) is -0.136. The molecule has 6 heteroatoms. The lowest BCUT2D eigenvalue weighted by atomic mass is 10.2. The van der Waals surface area contributed by atoms with Gasteiger partial charge in [-0.1, -0.05) is 12.1 Å². The van der Waals surface area contributed by atoms with Crippen LogP contribution in [0.15, 0.2) is 48.7 Å². The Bertz CT molecular complexity index is 757. The van der Waals surface area contributed by atoms with Gasteiger partial charge >= 0.3 is 6.18 Å². The van der Waals surface area contributed by atoms with Gasteiger partial charge in [0.25, 0.3) is 0 Å². The highest BCUT2D eigenvalue weighted by atomic mass is 19.4. The average Bonchev–Trinajstić information content (AvgIpc) is 2.83. The maximum absolute atomic E-state index is 13.8. The number of rotatable bonds is 1. The first-order chi connectivity index (χ1) is 9.47. The monoisotopic (exact) mass is 280 g/mol. The SMILES string of the molecule is Fc1cccc2cnn(-c3ccc(C(F)(F)F)cc3)c12. The summed E-state index contributed by atoms with van der Waals surface area (Å²) >= 11 is 0. The molecular formula is C14H8F4N2. The summed E-state index contributed by atoms with van der Waals surface area (Å²) in [6.45, 7) is 0. The third-order valence-electron chi connectivity index (χ3n) is 2.98. The van der Waals surface area contributed by atoms with Gasteiger partial charge in [-0.2, -0.15) is 18.3 Å². The van der Waals surface area contributed by atoms with E-state index in [2.05, 4.69) is 5.10 Å². The number of alkyl halides is 3. The fourth-order valence-electron chi connectivity index (χ4n) is 2.02. The summed E-state index contributed by atoms with van der Waals surface area (Å²) in [5.74, 6) is -0.472. The largest absolute Gasteiger partial charge is 0.416 e. The number of aromatic nitrogens is 2. The molecule has 20 heavy (non-hydrogen) atoms. The number of hydrogen-bond donors (Lipinski definition) is 0. The van der Waals surface area contributed by atoms with Crippen LogP contribution < -0.4 is 0 Å². The maximum Gasteiger partial charge on any atom is 0.416 e. The van der Waals surface area contributed by atoms with Crippen LogP contribution in [0.4, 0.5) is 17.6 Å². The van der Waals surface area contributed by atoms with Gasteiger partial charge in [-0.15, -0.1) is 0 Å². The lowest BCUT2D eigenvalue weighted by Crippen LogP contribution is -2.05. The highest BCUT2D eigenvalue weighted by Gasteiger charge is 2.30. The quantitative estimate of drug-likeness (QED) is 0.611. The van der Waals surface area contributed by atoms with E-state index in [-0.39, 0.29) is 5.52 Å². The molecule has 0 aliphatic rings. The molecule has 0 fully saturated rings. The predicted octanol–water partition coefficient (Wildman–Crippen LogP) is 4.18. The Morgan fingerprint density at radius 3 is 2.30 bits per heavy atom. The molecule has 1 heterocycles. The first kappa shape index (κ1) is 12.7. The van der Waals surface area contributed by atoms with E-state index >= 15 is 0 Å². The number of nitrogens with zero attached hydrogens (tertiary/aromatic N) is 2. The minimum atomic E-state index is -4.39. The molecule has 0 N–H and O–H groups in total. The van der Waals surface area contributed by atoms with Gasteiger partial charge in [0.15, 0.2) is 0 Å². The predicted molar refractivity (Wildman–Crippen MR) is 66.0 cm³/mol. The normalized spacial score (nSPS) is 12.0. The van der Waals surface area contributed by atoms with Crippen LogP contribution in [0.3, 0.4) is 0 Å². The summed E-state index contributed by atoms with van der Waals surface area (Å²) in [6, 6.07) is 8.95. The number of para-hydroxylation sites is 1. The highest BCUT2D eigenvalue weighted by molar-refractivity contribution is 5.80. The fourth-order valence-corrected chi connectivity index (χ4v) is 2.02. The molecule has 0 atom stereocenters. The first-order valence-corrected chi connectivity index (χ1v) is 5.77. The van der Waals surface area contributed by atoms with Crippen molar-refractivity contribution in [1.82, 2.24) is 9.78 Å². The van der Waals surface area contributed by atoms with Gasteiger partial charge in [-0.3, -0.25) is 0 Å². The van der Waals surface area contributed by atoms with E-state index in [0.29, 0.717) is 11.1 Å². The molecule has 0 saturated heterocycles. The minimum absolute atomic E-state index is 0.243. The van der Waals surface area contributed by atoms with Gasteiger partial charge in [0.1, 0.15) is 11.3 Å². The zero-order chi connectivity index (χ0) is 14.3. The van der Waals surface area contributed by atoms with Crippen molar-refractivity contribution in [2.24, 2.45) is 0 Å². The average molecular weight is 280 g/mol. The maximum atomic E-state index is 13.8. The van der Waals surface area contributed by atoms with Crippen LogP contribution in [0.5, 0.6) is 0 Å². The Labute approximate surface area is 111 Å². The van der Waals surface area contributed by atoms with Crippen LogP contribution in [0.1, 0.15) is 5.56 Å². The Kier molecular flexibility index (Phi) is 2.74. The second-order valence-corrected chi connectivity index (χ2v) is 4.28. The third-order valence-corrected chi connectivity index (χ3v) is 2.98. The van der Waals surface area contributed by atoms with E-state index < -0.39 is 17.6 Å². The zero-order valence-electron chi connectivity index (χ0n) is 10.0. The Morgan fingerprint density at radius 2 is 1.65 bits per heavy atom. The van der Waals surface area contributed by atoms with Crippen LogP contribution in [0.25, 0.3) is 16.6 Å². The topological polar surface area (TPSA) is 17.8 Å². The molecule has 0 aliphatic heterocycles. The van der Waals surface area contributed by atoms with Crippen LogP contribution in [-0.2, 0) is 6.18 Å². The molecule has 2 aromatic carbocycles. The van der Waals surface area contributed by atoms with Gasteiger partial charge in [-0.25, -0.2) is 9.07 Å². The summed E-state index contributed by atoms with van der Waals surface area (Å²) in [5, 5.41) is 4.60. The molecule has 0 unspecified atom stereocenters. The van der Waals surface area contributed by atoms with Crippen molar-refractivity contribution in [2.45, 2.75) is 6.18 Å². The van der Waals surface area contributed by atoms with Crippen molar-refractivity contribution in [2.75, 3.05) is 0 Å². The Hall–Kier alpha value is -2.37. The van der Waals surface area contributed by atoms with Gasteiger partial charge in [0.05, 0.1) is 17.4 Å². The van der Waals surface area contributed by atoms with Gasteiger partial charge in [0.2, 0.25) is 0 Å². The Balaban J connectivity index is 2.12. The smallest absolute Gasteiger partial charge is 0.230 e. The van der Waals surface area contributed by atoms with Crippen molar-refractivity contribution in [3.63, 3.8) is 0 Å². The molecule has 0 amide bonds.